The molecule has 0 aliphatic rings. The summed E-state index contributed by atoms with van der Waals surface area (Å²) >= 11 is 12.7. The van der Waals surface area contributed by atoms with Crippen LogP contribution in [0.1, 0.15) is 31.9 Å². The van der Waals surface area contributed by atoms with Gasteiger partial charge in [-0.15, -0.1) is 0 Å². The second-order valence-electron chi connectivity index (χ2n) is 11.7. The fraction of sp³-hybridized carbons (Fsp3) is 0.257. The van der Waals surface area contributed by atoms with Crippen LogP contribution in [0.3, 0.4) is 0 Å². The lowest BCUT2D eigenvalue weighted by Crippen LogP contribution is -2.56. The number of carbonyl (C=O) groups excluding carboxylic acids is 2. The smallest absolute Gasteiger partial charge is 0.264 e. The lowest BCUT2D eigenvalue weighted by atomic mass is 10.0. The molecule has 0 fully saturated rings. The summed E-state index contributed by atoms with van der Waals surface area (Å²) in [5, 5.41) is 3.37. The molecule has 0 spiro atoms. The van der Waals surface area contributed by atoms with E-state index in [4.69, 9.17) is 27.9 Å². The monoisotopic (exact) mass is 681 g/mol. The molecule has 2 amide bonds. The summed E-state index contributed by atoms with van der Waals surface area (Å²) in [7, 11) is -2.76. The quantitative estimate of drug-likeness (QED) is 0.178. The van der Waals surface area contributed by atoms with E-state index in [0.717, 1.165) is 9.87 Å². The van der Waals surface area contributed by atoms with E-state index in [1.54, 1.807) is 43.5 Å². The van der Waals surface area contributed by atoms with Crippen LogP contribution in [0.5, 0.6) is 5.75 Å². The van der Waals surface area contributed by atoms with Gasteiger partial charge in [0.15, 0.2) is 0 Å². The highest BCUT2D eigenvalue weighted by molar-refractivity contribution is 7.92. The van der Waals surface area contributed by atoms with Crippen LogP contribution in [0, 0.1) is 0 Å². The molecule has 242 valence electrons. The minimum absolute atomic E-state index is 0.00132. The molecule has 0 radical (unpaired) electrons. The Bertz CT molecular complexity index is 1760. The molecule has 4 aromatic carbocycles. The molecule has 46 heavy (non-hydrogen) atoms. The van der Waals surface area contributed by atoms with Crippen molar-refractivity contribution in [2.75, 3.05) is 18.0 Å². The number of hydrogen-bond donors (Lipinski definition) is 1. The van der Waals surface area contributed by atoms with Gasteiger partial charge in [0.25, 0.3) is 10.0 Å². The number of methoxy groups -OCH3 is 1. The Morgan fingerprint density at radius 1 is 0.848 bits per heavy atom. The Labute approximate surface area is 280 Å². The van der Waals surface area contributed by atoms with Crippen LogP contribution in [0.4, 0.5) is 5.69 Å². The third-order valence-corrected chi connectivity index (χ3v) is 9.36. The van der Waals surface area contributed by atoms with Crippen molar-refractivity contribution < 1.29 is 22.7 Å². The zero-order valence-corrected chi connectivity index (χ0v) is 28.4. The lowest BCUT2D eigenvalue weighted by Gasteiger charge is -2.35. The fourth-order valence-corrected chi connectivity index (χ4v) is 6.91. The Hall–Kier alpha value is -4.05. The van der Waals surface area contributed by atoms with Crippen molar-refractivity contribution in [1.82, 2.24) is 10.2 Å². The first-order valence-corrected chi connectivity index (χ1v) is 16.8. The highest BCUT2D eigenvalue weighted by Crippen LogP contribution is 2.33. The second kappa shape index (κ2) is 15.0. The van der Waals surface area contributed by atoms with Gasteiger partial charge in [0.05, 0.1) is 22.7 Å². The number of amides is 2. The van der Waals surface area contributed by atoms with Crippen molar-refractivity contribution in [3.8, 4) is 5.75 Å². The van der Waals surface area contributed by atoms with Gasteiger partial charge in [-0.25, -0.2) is 8.42 Å². The normalized spacial score (nSPS) is 12.2. The first-order chi connectivity index (χ1) is 21.8. The van der Waals surface area contributed by atoms with E-state index in [9.17, 15) is 18.0 Å². The highest BCUT2D eigenvalue weighted by atomic mass is 35.5. The molecule has 1 unspecified atom stereocenters. The fourth-order valence-electron chi connectivity index (χ4n) is 4.89. The zero-order valence-electron chi connectivity index (χ0n) is 26.1. The van der Waals surface area contributed by atoms with Gasteiger partial charge in [-0.2, -0.15) is 0 Å². The van der Waals surface area contributed by atoms with E-state index in [0.29, 0.717) is 16.3 Å². The average molecular weight is 683 g/mol. The molecular weight excluding hydrogens is 645 g/mol. The number of nitrogens with zero attached hydrogens (tertiary/aromatic N) is 2. The Balaban J connectivity index is 1.85. The summed E-state index contributed by atoms with van der Waals surface area (Å²) in [4.78, 5) is 30.0. The minimum atomic E-state index is -4.30. The molecule has 0 saturated heterocycles. The molecule has 4 aromatic rings. The van der Waals surface area contributed by atoms with Gasteiger partial charge in [-0.1, -0.05) is 83.9 Å². The summed E-state index contributed by atoms with van der Waals surface area (Å²) in [5.74, 6) is -0.419. The third-order valence-electron chi connectivity index (χ3n) is 7.04. The number of rotatable bonds is 12. The lowest BCUT2D eigenvalue weighted by molar-refractivity contribution is -0.140. The topological polar surface area (TPSA) is 96.0 Å². The highest BCUT2D eigenvalue weighted by Gasteiger charge is 2.36. The Morgan fingerprint density at radius 3 is 2.09 bits per heavy atom. The molecule has 0 aliphatic carbocycles. The summed E-state index contributed by atoms with van der Waals surface area (Å²) < 4.78 is 34.6. The van der Waals surface area contributed by atoms with Crippen LogP contribution < -0.4 is 14.4 Å². The van der Waals surface area contributed by atoms with Crippen molar-refractivity contribution in [2.24, 2.45) is 0 Å². The molecule has 0 aliphatic heterocycles. The van der Waals surface area contributed by atoms with Crippen molar-refractivity contribution in [3.05, 3.63) is 124 Å². The largest absolute Gasteiger partial charge is 0.497 e. The Kier molecular flexibility index (Phi) is 11.4. The number of nitrogens with one attached hydrogen (secondary N) is 1. The predicted octanol–water partition coefficient (Wildman–Crippen LogP) is 6.75. The van der Waals surface area contributed by atoms with Crippen LogP contribution in [0.2, 0.25) is 10.0 Å². The van der Waals surface area contributed by atoms with Crippen molar-refractivity contribution in [3.63, 3.8) is 0 Å². The standard InChI is InChI=1S/C35H37Cl2N3O5S/c1-35(2,3)38-34(42)32(21-25-12-7-5-8-13-25)39(23-26-14-11-15-28(20-26)45-4)33(41)24-40(31-19-18-27(36)22-30(31)37)46(43,44)29-16-9-6-10-17-29/h5-20,22,32H,21,23-24H2,1-4H3,(H,38,42). The SMILES string of the molecule is COc1cccc(CN(C(=O)CN(c2ccc(Cl)cc2Cl)S(=O)(=O)c2ccccc2)C(Cc2ccccc2)C(=O)NC(C)(C)C)c1. The molecule has 0 bridgehead atoms. The van der Waals surface area contributed by atoms with E-state index < -0.39 is 34.1 Å². The molecule has 11 heteroatoms. The molecule has 0 saturated carbocycles. The third kappa shape index (κ3) is 9.02. The van der Waals surface area contributed by atoms with E-state index in [1.165, 1.54) is 35.2 Å². The average Bonchev–Trinajstić information content (AvgIpc) is 3.02. The van der Waals surface area contributed by atoms with Crippen molar-refractivity contribution in [1.29, 1.82) is 0 Å². The molecular formula is C35H37Cl2N3O5S. The summed E-state index contributed by atoms with van der Waals surface area (Å²) in [6, 6.07) is 27.7. The van der Waals surface area contributed by atoms with E-state index in [2.05, 4.69) is 5.32 Å². The molecule has 0 aromatic heterocycles. The molecule has 4 rings (SSSR count). The van der Waals surface area contributed by atoms with Gasteiger partial charge < -0.3 is 15.0 Å². The van der Waals surface area contributed by atoms with Crippen LogP contribution in [-0.4, -0.2) is 50.4 Å². The Morgan fingerprint density at radius 2 is 1.48 bits per heavy atom. The van der Waals surface area contributed by atoms with Gasteiger partial charge in [0, 0.05) is 23.5 Å². The van der Waals surface area contributed by atoms with Gasteiger partial charge in [0.2, 0.25) is 11.8 Å². The number of anilines is 1. The molecule has 0 heterocycles. The molecule has 1 atom stereocenters. The van der Waals surface area contributed by atoms with Gasteiger partial charge in [-0.3, -0.25) is 13.9 Å². The maximum Gasteiger partial charge on any atom is 0.264 e. The van der Waals surface area contributed by atoms with Gasteiger partial charge >= 0.3 is 0 Å². The zero-order chi connectivity index (χ0) is 33.5. The number of carbonyl (C=O) groups is 2. The van der Waals surface area contributed by atoms with E-state index in [-0.39, 0.29) is 34.5 Å². The van der Waals surface area contributed by atoms with Gasteiger partial charge in [0.1, 0.15) is 18.3 Å². The van der Waals surface area contributed by atoms with Gasteiger partial charge in [-0.05, 0) is 74.4 Å². The van der Waals surface area contributed by atoms with E-state index >= 15 is 0 Å². The van der Waals surface area contributed by atoms with Crippen LogP contribution in [0.25, 0.3) is 0 Å². The number of ether oxygens (including phenoxy) is 1. The van der Waals surface area contributed by atoms with Crippen LogP contribution in [0.15, 0.2) is 108 Å². The van der Waals surface area contributed by atoms with Crippen LogP contribution >= 0.6 is 23.2 Å². The second-order valence-corrected chi connectivity index (χ2v) is 14.4. The van der Waals surface area contributed by atoms with Crippen LogP contribution in [-0.2, 0) is 32.6 Å². The maximum absolute atomic E-state index is 14.6. The van der Waals surface area contributed by atoms with Crippen molar-refractivity contribution >= 4 is 50.7 Å². The number of sulfonamides is 1. The summed E-state index contributed by atoms with van der Waals surface area (Å²) in [6.45, 7) is 4.93. The first kappa shape index (κ1) is 34.8. The number of halogens is 2. The van der Waals surface area contributed by atoms with Crippen molar-refractivity contribution in [2.45, 2.75) is 50.2 Å². The number of benzene rings is 4. The predicted molar refractivity (Wildman–Crippen MR) is 183 cm³/mol. The van der Waals surface area contributed by atoms with E-state index in [1.807, 2.05) is 57.2 Å². The summed E-state index contributed by atoms with van der Waals surface area (Å²) in [5.41, 5.74) is 0.991. The molecule has 8 nitrogen and oxygen atoms in total. The first-order valence-electron chi connectivity index (χ1n) is 14.6. The molecule has 1 N–H and O–H groups in total. The minimum Gasteiger partial charge on any atom is -0.497 e. The summed E-state index contributed by atoms with van der Waals surface area (Å²) in [6.07, 6.45) is 0.186. The maximum atomic E-state index is 14.6. The number of hydrogen-bond acceptors (Lipinski definition) is 5.